The Morgan fingerprint density at radius 3 is 2.88 bits per heavy atom. The van der Waals surface area contributed by atoms with Crippen LogP contribution in [0.5, 0.6) is 0 Å². The lowest BCUT2D eigenvalue weighted by molar-refractivity contribution is -0.139. The topological polar surface area (TPSA) is 79.3 Å². The van der Waals surface area contributed by atoms with E-state index >= 15 is 0 Å². The van der Waals surface area contributed by atoms with E-state index in [2.05, 4.69) is 16.2 Å². The summed E-state index contributed by atoms with van der Waals surface area (Å²) < 4.78 is 0. The van der Waals surface area contributed by atoms with Gasteiger partial charge < -0.3 is 10.4 Å². The lowest BCUT2D eigenvalue weighted by Gasteiger charge is -2.11. The number of hydrogen-bond acceptors (Lipinski definition) is 3. The second kappa shape index (κ2) is 5.87. The van der Waals surface area contributed by atoms with Gasteiger partial charge in [0.2, 0.25) is 0 Å². The predicted octanol–water partition coefficient (Wildman–Crippen LogP) is 0.941. The van der Waals surface area contributed by atoms with Crippen LogP contribution < -0.4 is 5.32 Å². The van der Waals surface area contributed by atoms with Crippen molar-refractivity contribution in [2.75, 3.05) is 0 Å². The summed E-state index contributed by atoms with van der Waals surface area (Å²) in [4.78, 5) is 26.1. The molecule has 0 aromatic carbocycles. The van der Waals surface area contributed by atoms with E-state index in [9.17, 15) is 9.59 Å². The van der Waals surface area contributed by atoms with Crippen molar-refractivity contribution < 1.29 is 14.7 Å². The highest BCUT2D eigenvalue weighted by molar-refractivity contribution is 6.29. The minimum atomic E-state index is -1.18. The molecular weight excluding hydrogens is 244 g/mol. The second-order valence-electron chi connectivity index (χ2n) is 3.14. The standard InChI is InChI=1S/C11H9ClN2O3/c1-2-3-8(11(16)17)14-10(15)7-4-5-13-9(12)6-7/h1,4-6,8H,3H2,(H,14,15)(H,16,17). The number of amides is 1. The molecule has 1 aromatic rings. The summed E-state index contributed by atoms with van der Waals surface area (Å²) in [5.74, 6) is 0.441. The molecule has 2 N–H and O–H groups in total. The van der Waals surface area contributed by atoms with E-state index in [4.69, 9.17) is 23.1 Å². The average molecular weight is 253 g/mol. The van der Waals surface area contributed by atoms with Crippen molar-refractivity contribution in [3.05, 3.63) is 29.0 Å². The number of rotatable bonds is 4. The van der Waals surface area contributed by atoms with Gasteiger partial charge in [0.25, 0.3) is 5.91 Å². The minimum Gasteiger partial charge on any atom is -0.480 e. The molecule has 0 fully saturated rings. The zero-order valence-electron chi connectivity index (χ0n) is 8.68. The van der Waals surface area contributed by atoms with Crippen LogP contribution in [0.4, 0.5) is 0 Å². The van der Waals surface area contributed by atoms with Crippen molar-refractivity contribution in [2.24, 2.45) is 0 Å². The lowest BCUT2D eigenvalue weighted by Crippen LogP contribution is -2.40. The third kappa shape index (κ3) is 3.78. The molecule has 1 unspecified atom stereocenters. The Labute approximate surface area is 103 Å². The summed E-state index contributed by atoms with van der Waals surface area (Å²) in [6, 6.07) is 1.65. The first-order valence-electron chi connectivity index (χ1n) is 4.63. The molecule has 0 aliphatic rings. The number of halogens is 1. The number of pyridine rings is 1. The first-order chi connectivity index (χ1) is 8.04. The Kier molecular flexibility index (Phi) is 4.49. The molecule has 88 valence electrons. The molecule has 1 amide bonds. The summed E-state index contributed by atoms with van der Waals surface area (Å²) in [6.45, 7) is 0. The van der Waals surface area contributed by atoms with Gasteiger partial charge in [-0.3, -0.25) is 4.79 Å². The molecule has 1 atom stereocenters. The van der Waals surface area contributed by atoms with Crippen LogP contribution in [-0.4, -0.2) is 28.0 Å². The third-order valence-electron chi connectivity index (χ3n) is 1.91. The molecular formula is C11H9ClN2O3. The number of carboxylic acid groups (broad SMARTS) is 1. The van der Waals surface area contributed by atoms with Gasteiger partial charge in [0.05, 0.1) is 0 Å². The maximum Gasteiger partial charge on any atom is 0.327 e. The van der Waals surface area contributed by atoms with Gasteiger partial charge in [-0.1, -0.05) is 11.6 Å². The predicted molar refractivity (Wildman–Crippen MR) is 61.6 cm³/mol. The van der Waals surface area contributed by atoms with Gasteiger partial charge in [-0.2, -0.15) is 0 Å². The molecule has 0 spiro atoms. The van der Waals surface area contributed by atoms with Crippen molar-refractivity contribution in [1.82, 2.24) is 10.3 Å². The van der Waals surface area contributed by atoms with E-state index in [1.165, 1.54) is 18.3 Å². The Balaban J connectivity index is 2.78. The molecule has 0 aliphatic heterocycles. The number of nitrogens with one attached hydrogen (secondary N) is 1. The fraction of sp³-hybridized carbons (Fsp3) is 0.182. The normalized spacial score (nSPS) is 11.3. The summed E-state index contributed by atoms with van der Waals surface area (Å²) in [5, 5.41) is 11.3. The fourth-order valence-electron chi connectivity index (χ4n) is 1.10. The SMILES string of the molecule is C#CCC(NC(=O)c1ccnc(Cl)c1)C(=O)O. The van der Waals surface area contributed by atoms with Gasteiger partial charge in [-0.05, 0) is 12.1 Å². The van der Waals surface area contributed by atoms with Crippen molar-refractivity contribution in [3.63, 3.8) is 0 Å². The summed E-state index contributed by atoms with van der Waals surface area (Å²) in [7, 11) is 0. The maximum atomic E-state index is 11.7. The Morgan fingerprint density at radius 1 is 1.65 bits per heavy atom. The highest BCUT2D eigenvalue weighted by Gasteiger charge is 2.19. The monoisotopic (exact) mass is 252 g/mol. The first-order valence-corrected chi connectivity index (χ1v) is 5.01. The number of carbonyl (C=O) groups excluding carboxylic acids is 1. The molecule has 0 radical (unpaired) electrons. The maximum absolute atomic E-state index is 11.7. The second-order valence-corrected chi connectivity index (χ2v) is 3.53. The van der Waals surface area contributed by atoms with Crippen LogP contribution in [0, 0.1) is 12.3 Å². The molecule has 0 aliphatic carbocycles. The van der Waals surface area contributed by atoms with Crippen molar-refractivity contribution in [3.8, 4) is 12.3 Å². The van der Waals surface area contributed by atoms with Gasteiger partial charge in [0, 0.05) is 18.2 Å². The Bertz CT molecular complexity index is 482. The van der Waals surface area contributed by atoms with Crippen molar-refractivity contribution >= 4 is 23.5 Å². The highest BCUT2D eigenvalue weighted by Crippen LogP contribution is 2.07. The molecule has 0 saturated heterocycles. The van der Waals surface area contributed by atoms with E-state index < -0.39 is 17.9 Å². The van der Waals surface area contributed by atoms with E-state index in [-0.39, 0.29) is 17.1 Å². The number of carbonyl (C=O) groups is 2. The van der Waals surface area contributed by atoms with Crippen molar-refractivity contribution in [2.45, 2.75) is 12.5 Å². The van der Waals surface area contributed by atoms with Crippen LogP contribution in [0.3, 0.4) is 0 Å². The van der Waals surface area contributed by atoms with Gasteiger partial charge >= 0.3 is 5.97 Å². The zero-order valence-corrected chi connectivity index (χ0v) is 9.44. The number of nitrogens with zero attached hydrogens (tertiary/aromatic N) is 1. The van der Waals surface area contributed by atoms with Gasteiger partial charge in [0.15, 0.2) is 0 Å². The van der Waals surface area contributed by atoms with Crippen molar-refractivity contribution in [1.29, 1.82) is 0 Å². The fourth-order valence-corrected chi connectivity index (χ4v) is 1.28. The molecule has 1 rings (SSSR count). The van der Waals surface area contributed by atoms with E-state index in [0.29, 0.717) is 0 Å². The first kappa shape index (κ1) is 13.0. The van der Waals surface area contributed by atoms with Crippen LogP contribution in [0.15, 0.2) is 18.3 Å². The molecule has 5 nitrogen and oxygen atoms in total. The number of carboxylic acids is 1. The highest BCUT2D eigenvalue weighted by atomic mass is 35.5. The Hall–Kier alpha value is -2.06. The van der Waals surface area contributed by atoms with E-state index in [0.717, 1.165) is 0 Å². The summed E-state index contributed by atoms with van der Waals surface area (Å²) in [6.07, 6.45) is 6.28. The molecule has 17 heavy (non-hydrogen) atoms. The molecule has 1 aromatic heterocycles. The van der Waals surface area contributed by atoms with Gasteiger partial charge in [-0.15, -0.1) is 12.3 Å². The minimum absolute atomic E-state index is 0.0834. The third-order valence-corrected chi connectivity index (χ3v) is 2.12. The molecule has 0 bridgehead atoms. The quantitative estimate of drug-likeness (QED) is 0.617. The van der Waals surface area contributed by atoms with Crippen LogP contribution in [0.25, 0.3) is 0 Å². The number of terminal acetylenes is 1. The zero-order chi connectivity index (χ0) is 12.8. The average Bonchev–Trinajstić information content (AvgIpc) is 2.28. The number of aromatic nitrogens is 1. The van der Waals surface area contributed by atoms with Crippen LogP contribution in [-0.2, 0) is 4.79 Å². The number of hydrogen-bond donors (Lipinski definition) is 2. The molecule has 6 heteroatoms. The van der Waals surface area contributed by atoms with Gasteiger partial charge in [-0.25, -0.2) is 9.78 Å². The molecule has 0 saturated carbocycles. The van der Waals surface area contributed by atoms with Crippen LogP contribution in [0.2, 0.25) is 5.15 Å². The molecule has 1 heterocycles. The van der Waals surface area contributed by atoms with Gasteiger partial charge in [0.1, 0.15) is 11.2 Å². The summed E-state index contributed by atoms with van der Waals surface area (Å²) in [5.41, 5.74) is 0.230. The Morgan fingerprint density at radius 2 is 2.35 bits per heavy atom. The van der Waals surface area contributed by atoms with E-state index in [1.54, 1.807) is 0 Å². The van der Waals surface area contributed by atoms with Crippen LogP contribution in [0.1, 0.15) is 16.8 Å². The number of aliphatic carboxylic acids is 1. The van der Waals surface area contributed by atoms with Crippen LogP contribution >= 0.6 is 11.6 Å². The van der Waals surface area contributed by atoms with E-state index in [1.807, 2.05) is 0 Å². The lowest BCUT2D eigenvalue weighted by atomic mass is 10.2. The summed E-state index contributed by atoms with van der Waals surface area (Å²) >= 11 is 5.61. The smallest absolute Gasteiger partial charge is 0.327 e. The largest absolute Gasteiger partial charge is 0.480 e.